The van der Waals surface area contributed by atoms with Crippen molar-refractivity contribution in [2.45, 2.75) is 46.1 Å². The number of pyridine rings is 1. The van der Waals surface area contributed by atoms with E-state index in [0.717, 1.165) is 37.7 Å². The lowest BCUT2D eigenvalue weighted by molar-refractivity contribution is 0.0711. The Labute approximate surface area is 143 Å². The third kappa shape index (κ3) is 3.37. The summed E-state index contributed by atoms with van der Waals surface area (Å²) in [6, 6.07) is 9.45. The Bertz CT molecular complexity index is 786. The van der Waals surface area contributed by atoms with Gasteiger partial charge in [-0.1, -0.05) is 32.0 Å². The van der Waals surface area contributed by atoms with Crippen LogP contribution in [0.3, 0.4) is 0 Å². The molecule has 1 aromatic carbocycles. The lowest BCUT2D eigenvalue weighted by Crippen LogP contribution is -2.39. The van der Waals surface area contributed by atoms with E-state index in [1.165, 1.54) is 6.42 Å². The third-order valence-electron chi connectivity index (χ3n) is 4.81. The molecule has 1 saturated heterocycles. The Morgan fingerprint density at radius 3 is 2.54 bits per heavy atom. The highest BCUT2D eigenvalue weighted by Crippen LogP contribution is 2.17. The zero-order chi connectivity index (χ0) is 17.1. The summed E-state index contributed by atoms with van der Waals surface area (Å²) in [5.74, 6) is 0.489. The number of hydrogen-bond acceptors (Lipinski definition) is 2. The van der Waals surface area contributed by atoms with Crippen LogP contribution in [0.5, 0.6) is 0 Å². The zero-order valence-corrected chi connectivity index (χ0v) is 14.6. The van der Waals surface area contributed by atoms with Crippen LogP contribution in [-0.2, 0) is 6.54 Å². The van der Waals surface area contributed by atoms with Gasteiger partial charge in [0.25, 0.3) is 11.5 Å². The van der Waals surface area contributed by atoms with Crippen LogP contribution in [-0.4, -0.2) is 28.5 Å². The predicted molar refractivity (Wildman–Crippen MR) is 97.4 cm³/mol. The van der Waals surface area contributed by atoms with Gasteiger partial charge in [-0.2, -0.15) is 0 Å². The number of hydrogen-bond donors (Lipinski definition) is 0. The molecule has 1 fully saturated rings. The minimum absolute atomic E-state index is 0.00121. The average molecular weight is 326 g/mol. The number of rotatable bonds is 4. The Morgan fingerprint density at radius 1 is 1.12 bits per heavy atom. The summed E-state index contributed by atoms with van der Waals surface area (Å²) >= 11 is 0. The van der Waals surface area contributed by atoms with Crippen molar-refractivity contribution in [2.24, 2.45) is 5.92 Å². The second-order valence-corrected chi connectivity index (χ2v) is 7.11. The first kappa shape index (κ1) is 16.7. The quantitative estimate of drug-likeness (QED) is 0.860. The first-order chi connectivity index (χ1) is 11.6. The summed E-state index contributed by atoms with van der Waals surface area (Å²) in [5, 5.41) is 1.54. The van der Waals surface area contributed by atoms with E-state index in [2.05, 4.69) is 13.8 Å². The van der Waals surface area contributed by atoms with Crippen molar-refractivity contribution in [3.63, 3.8) is 0 Å². The maximum atomic E-state index is 13.0. The molecule has 1 aromatic heterocycles. The molecule has 0 aliphatic carbocycles. The van der Waals surface area contributed by atoms with Crippen LogP contribution in [0, 0.1) is 5.92 Å². The summed E-state index contributed by atoms with van der Waals surface area (Å²) < 4.78 is 1.69. The zero-order valence-electron chi connectivity index (χ0n) is 14.6. The van der Waals surface area contributed by atoms with Gasteiger partial charge in [0.2, 0.25) is 0 Å². The molecule has 3 rings (SSSR count). The summed E-state index contributed by atoms with van der Waals surface area (Å²) in [6.45, 7) is 6.46. The number of fused-ring (bicyclic) bond motifs is 1. The fourth-order valence-corrected chi connectivity index (χ4v) is 3.34. The van der Waals surface area contributed by atoms with Gasteiger partial charge in [0, 0.05) is 25.0 Å². The third-order valence-corrected chi connectivity index (χ3v) is 4.81. The van der Waals surface area contributed by atoms with Crippen molar-refractivity contribution in [3.05, 3.63) is 46.4 Å². The van der Waals surface area contributed by atoms with Crippen molar-refractivity contribution >= 4 is 16.7 Å². The van der Waals surface area contributed by atoms with Gasteiger partial charge in [0.15, 0.2) is 0 Å². The van der Waals surface area contributed by atoms with Gasteiger partial charge < -0.3 is 9.47 Å². The highest BCUT2D eigenvalue weighted by atomic mass is 16.2. The molecule has 1 aliphatic rings. The van der Waals surface area contributed by atoms with Crippen LogP contribution in [0.4, 0.5) is 0 Å². The van der Waals surface area contributed by atoms with Crippen molar-refractivity contribution < 1.29 is 4.79 Å². The first-order valence-corrected chi connectivity index (χ1v) is 9.00. The molecule has 1 aliphatic heterocycles. The number of carbonyl (C=O) groups is 1. The molecule has 4 heteroatoms. The number of aromatic nitrogens is 1. The molecule has 0 spiro atoms. The summed E-state index contributed by atoms with van der Waals surface area (Å²) in [7, 11) is 0. The van der Waals surface area contributed by atoms with Crippen LogP contribution in [0.2, 0.25) is 0 Å². The molecule has 0 radical (unpaired) electrons. The molecule has 0 bridgehead atoms. The highest BCUT2D eigenvalue weighted by molar-refractivity contribution is 5.96. The van der Waals surface area contributed by atoms with Crippen LogP contribution >= 0.6 is 0 Å². The SMILES string of the molecule is CC(C)CCn1c(C(=O)N2CCCCC2)cc2ccccc2c1=O. The van der Waals surface area contributed by atoms with Crippen molar-refractivity contribution in [1.29, 1.82) is 0 Å². The number of benzene rings is 1. The van der Waals surface area contributed by atoms with Crippen LogP contribution in [0.15, 0.2) is 35.1 Å². The van der Waals surface area contributed by atoms with Crippen LogP contribution in [0.1, 0.15) is 50.0 Å². The number of likely N-dealkylation sites (tertiary alicyclic amines) is 1. The Balaban J connectivity index is 2.07. The van der Waals surface area contributed by atoms with E-state index in [4.69, 9.17) is 0 Å². The molecule has 4 nitrogen and oxygen atoms in total. The van der Waals surface area contributed by atoms with E-state index in [9.17, 15) is 9.59 Å². The molecule has 2 heterocycles. The molecular formula is C20H26N2O2. The van der Waals surface area contributed by atoms with Gasteiger partial charge in [0.1, 0.15) is 5.69 Å². The minimum Gasteiger partial charge on any atom is -0.337 e. The lowest BCUT2D eigenvalue weighted by Gasteiger charge is -2.28. The first-order valence-electron chi connectivity index (χ1n) is 9.00. The topological polar surface area (TPSA) is 42.3 Å². The smallest absolute Gasteiger partial charge is 0.270 e. The number of piperidine rings is 1. The van der Waals surface area contributed by atoms with Crippen LogP contribution < -0.4 is 5.56 Å². The molecule has 0 unspecified atom stereocenters. The van der Waals surface area contributed by atoms with E-state index >= 15 is 0 Å². The fourth-order valence-electron chi connectivity index (χ4n) is 3.34. The van der Waals surface area contributed by atoms with E-state index in [0.29, 0.717) is 23.5 Å². The number of nitrogens with zero attached hydrogens (tertiary/aromatic N) is 2. The maximum Gasteiger partial charge on any atom is 0.270 e. The summed E-state index contributed by atoms with van der Waals surface area (Å²) in [5.41, 5.74) is 0.496. The highest BCUT2D eigenvalue weighted by Gasteiger charge is 2.22. The molecule has 24 heavy (non-hydrogen) atoms. The Morgan fingerprint density at radius 2 is 1.83 bits per heavy atom. The molecule has 0 saturated carbocycles. The molecule has 128 valence electrons. The molecule has 0 atom stereocenters. The normalized spacial score (nSPS) is 15.2. The maximum absolute atomic E-state index is 13.0. The Hall–Kier alpha value is -2.10. The second kappa shape index (κ2) is 7.20. The monoisotopic (exact) mass is 326 g/mol. The van der Waals surface area contributed by atoms with E-state index in [-0.39, 0.29) is 11.5 Å². The van der Waals surface area contributed by atoms with Gasteiger partial charge in [-0.05, 0) is 49.1 Å². The predicted octanol–water partition coefficient (Wildman–Crippen LogP) is 3.67. The minimum atomic E-state index is -0.0471. The van der Waals surface area contributed by atoms with Gasteiger partial charge in [-0.25, -0.2) is 0 Å². The number of amides is 1. The lowest BCUT2D eigenvalue weighted by atomic mass is 10.1. The molecule has 0 N–H and O–H groups in total. The molecule has 2 aromatic rings. The van der Waals surface area contributed by atoms with E-state index in [1.807, 2.05) is 35.2 Å². The van der Waals surface area contributed by atoms with Crippen molar-refractivity contribution in [1.82, 2.24) is 9.47 Å². The average Bonchev–Trinajstić information content (AvgIpc) is 2.61. The van der Waals surface area contributed by atoms with Crippen LogP contribution in [0.25, 0.3) is 10.8 Å². The van der Waals surface area contributed by atoms with Gasteiger partial charge in [0.05, 0.1) is 0 Å². The van der Waals surface area contributed by atoms with Crippen molar-refractivity contribution in [2.75, 3.05) is 13.1 Å². The summed E-state index contributed by atoms with van der Waals surface area (Å²) in [4.78, 5) is 27.9. The van der Waals surface area contributed by atoms with Gasteiger partial charge >= 0.3 is 0 Å². The van der Waals surface area contributed by atoms with E-state index < -0.39 is 0 Å². The molecule has 1 amide bonds. The van der Waals surface area contributed by atoms with Crippen molar-refractivity contribution in [3.8, 4) is 0 Å². The number of carbonyl (C=O) groups excluding carboxylic acids is 1. The Kier molecular flexibility index (Phi) is 5.03. The van der Waals surface area contributed by atoms with Gasteiger partial charge in [-0.15, -0.1) is 0 Å². The summed E-state index contributed by atoms with van der Waals surface area (Å²) in [6.07, 6.45) is 4.17. The fraction of sp³-hybridized carbons (Fsp3) is 0.500. The standard InChI is InChI=1S/C20H26N2O2/c1-15(2)10-13-22-18(20(24)21-11-6-3-7-12-21)14-16-8-4-5-9-17(16)19(22)23/h4-5,8-9,14-15H,3,6-7,10-13H2,1-2H3. The molecular weight excluding hydrogens is 300 g/mol. The van der Waals surface area contributed by atoms with E-state index in [1.54, 1.807) is 4.57 Å². The van der Waals surface area contributed by atoms with Gasteiger partial charge in [-0.3, -0.25) is 9.59 Å². The largest absolute Gasteiger partial charge is 0.337 e. The second-order valence-electron chi connectivity index (χ2n) is 7.11.